The Bertz CT molecular complexity index is 435. The Morgan fingerprint density at radius 3 is 2.81 bits per heavy atom. The summed E-state index contributed by atoms with van der Waals surface area (Å²) in [5.74, 6) is -0.255. The van der Waals surface area contributed by atoms with E-state index in [-0.39, 0.29) is 5.91 Å². The van der Waals surface area contributed by atoms with E-state index in [0.717, 1.165) is 10.0 Å². The SMILES string of the molecule is CC(C)(C#N)C(=O)NCc1cccc(Br)c1. The molecule has 0 radical (unpaired) electrons. The minimum Gasteiger partial charge on any atom is -0.351 e. The summed E-state index contributed by atoms with van der Waals surface area (Å²) >= 11 is 3.36. The Hall–Kier alpha value is -1.34. The number of carbonyl (C=O) groups excluding carboxylic acids is 1. The Morgan fingerprint density at radius 1 is 1.56 bits per heavy atom. The molecule has 84 valence electrons. The molecule has 0 saturated heterocycles. The third-order valence-corrected chi connectivity index (χ3v) is 2.68. The zero-order chi connectivity index (χ0) is 12.2. The maximum atomic E-state index is 11.6. The second-order valence-electron chi connectivity index (χ2n) is 4.05. The average molecular weight is 281 g/mol. The lowest BCUT2D eigenvalue weighted by Crippen LogP contribution is -2.35. The molecule has 0 saturated carbocycles. The number of nitrogens with zero attached hydrogens (tertiary/aromatic N) is 1. The second-order valence-corrected chi connectivity index (χ2v) is 4.97. The van der Waals surface area contributed by atoms with Gasteiger partial charge in [0.1, 0.15) is 5.41 Å². The van der Waals surface area contributed by atoms with Gasteiger partial charge in [0, 0.05) is 11.0 Å². The van der Waals surface area contributed by atoms with Crippen LogP contribution in [0.2, 0.25) is 0 Å². The maximum Gasteiger partial charge on any atom is 0.240 e. The number of nitrogens with one attached hydrogen (secondary N) is 1. The fourth-order valence-electron chi connectivity index (χ4n) is 1.10. The van der Waals surface area contributed by atoms with Gasteiger partial charge in [0.25, 0.3) is 0 Å². The van der Waals surface area contributed by atoms with Gasteiger partial charge >= 0.3 is 0 Å². The molecule has 0 bridgehead atoms. The predicted molar refractivity (Wildman–Crippen MR) is 65.4 cm³/mol. The molecule has 0 atom stereocenters. The van der Waals surface area contributed by atoms with Gasteiger partial charge in [0.05, 0.1) is 6.07 Å². The van der Waals surface area contributed by atoms with E-state index in [1.165, 1.54) is 0 Å². The summed E-state index contributed by atoms with van der Waals surface area (Å²) in [5, 5.41) is 11.5. The molecule has 1 aromatic carbocycles. The van der Waals surface area contributed by atoms with Crippen molar-refractivity contribution in [2.45, 2.75) is 20.4 Å². The lowest BCUT2D eigenvalue weighted by Gasteiger charge is -2.14. The lowest BCUT2D eigenvalue weighted by molar-refractivity contribution is -0.126. The molecule has 1 aromatic rings. The van der Waals surface area contributed by atoms with Crippen molar-refractivity contribution in [2.75, 3.05) is 0 Å². The summed E-state index contributed by atoms with van der Waals surface area (Å²) < 4.78 is 0.971. The van der Waals surface area contributed by atoms with Gasteiger partial charge in [-0.15, -0.1) is 0 Å². The van der Waals surface area contributed by atoms with Crippen molar-refractivity contribution in [2.24, 2.45) is 5.41 Å². The number of benzene rings is 1. The van der Waals surface area contributed by atoms with Crippen LogP contribution >= 0.6 is 15.9 Å². The molecule has 0 aliphatic carbocycles. The minimum atomic E-state index is -0.980. The molecule has 0 aliphatic rings. The van der Waals surface area contributed by atoms with Crippen LogP contribution in [0.15, 0.2) is 28.7 Å². The quantitative estimate of drug-likeness (QED) is 0.925. The molecule has 0 aromatic heterocycles. The molecule has 16 heavy (non-hydrogen) atoms. The Kier molecular flexibility index (Phi) is 4.08. The molecule has 0 spiro atoms. The monoisotopic (exact) mass is 280 g/mol. The number of halogens is 1. The highest BCUT2D eigenvalue weighted by molar-refractivity contribution is 9.10. The topological polar surface area (TPSA) is 52.9 Å². The summed E-state index contributed by atoms with van der Waals surface area (Å²) in [6.45, 7) is 3.63. The van der Waals surface area contributed by atoms with E-state index in [1.807, 2.05) is 30.3 Å². The third kappa shape index (κ3) is 3.35. The van der Waals surface area contributed by atoms with Crippen LogP contribution in [0.25, 0.3) is 0 Å². The maximum absolute atomic E-state index is 11.6. The molecule has 0 aliphatic heterocycles. The van der Waals surface area contributed by atoms with E-state index in [1.54, 1.807) is 13.8 Å². The van der Waals surface area contributed by atoms with Gasteiger partial charge in [-0.2, -0.15) is 5.26 Å². The molecule has 0 fully saturated rings. The fraction of sp³-hybridized carbons (Fsp3) is 0.333. The van der Waals surface area contributed by atoms with Crippen LogP contribution in [0.5, 0.6) is 0 Å². The van der Waals surface area contributed by atoms with E-state index in [4.69, 9.17) is 5.26 Å². The van der Waals surface area contributed by atoms with Crippen LogP contribution in [0, 0.1) is 16.7 Å². The Morgan fingerprint density at radius 2 is 2.25 bits per heavy atom. The van der Waals surface area contributed by atoms with Gasteiger partial charge in [-0.1, -0.05) is 28.1 Å². The van der Waals surface area contributed by atoms with Crippen LogP contribution in [0.3, 0.4) is 0 Å². The van der Waals surface area contributed by atoms with Gasteiger partial charge in [0.2, 0.25) is 5.91 Å². The first-order valence-corrected chi connectivity index (χ1v) is 5.69. The largest absolute Gasteiger partial charge is 0.351 e. The normalized spacial score (nSPS) is 10.6. The molecule has 0 unspecified atom stereocenters. The number of nitriles is 1. The highest BCUT2D eigenvalue weighted by atomic mass is 79.9. The van der Waals surface area contributed by atoms with E-state index in [2.05, 4.69) is 21.2 Å². The van der Waals surface area contributed by atoms with E-state index in [9.17, 15) is 4.79 Å². The smallest absolute Gasteiger partial charge is 0.240 e. The molecule has 0 heterocycles. The number of hydrogen-bond acceptors (Lipinski definition) is 2. The Labute approximate surface area is 104 Å². The molecule has 3 nitrogen and oxygen atoms in total. The van der Waals surface area contributed by atoms with Crippen molar-refractivity contribution in [3.8, 4) is 6.07 Å². The van der Waals surface area contributed by atoms with Gasteiger partial charge < -0.3 is 5.32 Å². The standard InChI is InChI=1S/C12H13BrN2O/c1-12(2,8-14)11(16)15-7-9-4-3-5-10(13)6-9/h3-6H,7H2,1-2H3,(H,15,16). The van der Waals surface area contributed by atoms with Crippen molar-refractivity contribution in [3.63, 3.8) is 0 Å². The van der Waals surface area contributed by atoms with Gasteiger partial charge in [-0.05, 0) is 31.5 Å². The molecule has 4 heteroatoms. The van der Waals surface area contributed by atoms with Crippen molar-refractivity contribution >= 4 is 21.8 Å². The van der Waals surface area contributed by atoms with Crippen molar-refractivity contribution in [3.05, 3.63) is 34.3 Å². The lowest BCUT2D eigenvalue weighted by atomic mass is 9.95. The van der Waals surface area contributed by atoms with Gasteiger partial charge in [-0.3, -0.25) is 4.79 Å². The average Bonchev–Trinajstić information content (AvgIpc) is 2.26. The van der Waals surface area contributed by atoms with E-state index >= 15 is 0 Å². The predicted octanol–water partition coefficient (Wildman–Crippen LogP) is 2.62. The first-order chi connectivity index (χ1) is 7.45. The van der Waals surface area contributed by atoms with Gasteiger partial charge in [0.15, 0.2) is 0 Å². The molecular weight excluding hydrogens is 268 g/mol. The van der Waals surface area contributed by atoms with Crippen LogP contribution in [0.4, 0.5) is 0 Å². The van der Waals surface area contributed by atoms with E-state index in [0.29, 0.717) is 6.54 Å². The highest BCUT2D eigenvalue weighted by Gasteiger charge is 2.26. The molecule has 1 rings (SSSR count). The highest BCUT2D eigenvalue weighted by Crippen LogP contribution is 2.14. The first kappa shape index (κ1) is 12.7. The first-order valence-electron chi connectivity index (χ1n) is 4.90. The van der Waals surface area contributed by atoms with Crippen LogP contribution in [-0.2, 0) is 11.3 Å². The fourth-order valence-corrected chi connectivity index (χ4v) is 1.55. The van der Waals surface area contributed by atoms with Crippen molar-refractivity contribution < 1.29 is 4.79 Å². The third-order valence-electron chi connectivity index (χ3n) is 2.19. The second kappa shape index (κ2) is 5.13. The zero-order valence-corrected chi connectivity index (χ0v) is 10.8. The number of hydrogen-bond donors (Lipinski definition) is 1. The van der Waals surface area contributed by atoms with Crippen molar-refractivity contribution in [1.29, 1.82) is 5.26 Å². The van der Waals surface area contributed by atoms with Gasteiger partial charge in [-0.25, -0.2) is 0 Å². The summed E-state index contributed by atoms with van der Waals surface area (Å²) in [6, 6.07) is 9.64. The summed E-state index contributed by atoms with van der Waals surface area (Å²) in [4.78, 5) is 11.6. The Balaban J connectivity index is 2.60. The van der Waals surface area contributed by atoms with Crippen LogP contribution < -0.4 is 5.32 Å². The molecule has 1 N–H and O–H groups in total. The van der Waals surface area contributed by atoms with Crippen molar-refractivity contribution in [1.82, 2.24) is 5.32 Å². The summed E-state index contributed by atoms with van der Waals surface area (Å²) in [5.41, 5.74) is 0.0166. The number of carbonyl (C=O) groups is 1. The summed E-state index contributed by atoms with van der Waals surface area (Å²) in [6.07, 6.45) is 0. The molecule has 1 amide bonds. The summed E-state index contributed by atoms with van der Waals surface area (Å²) in [7, 11) is 0. The molecular formula is C12H13BrN2O. The zero-order valence-electron chi connectivity index (χ0n) is 9.25. The van der Waals surface area contributed by atoms with E-state index < -0.39 is 5.41 Å². The number of amides is 1. The van der Waals surface area contributed by atoms with Crippen LogP contribution in [0.1, 0.15) is 19.4 Å². The number of rotatable bonds is 3. The van der Waals surface area contributed by atoms with Crippen LogP contribution in [-0.4, -0.2) is 5.91 Å². The minimum absolute atomic E-state index is 0.255.